The van der Waals surface area contributed by atoms with Crippen molar-refractivity contribution in [2.75, 3.05) is 0 Å². The predicted molar refractivity (Wildman–Crippen MR) is 79.1 cm³/mol. The Morgan fingerprint density at radius 2 is 2.10 bits per heavy atom. The van der Waals surface area contributed by atoms with Crippen molar-refractivity contribution in [1.29, 1.82) is 0 Å². The molecular weight excluding hydrogens is 264 g/mol. The lowest BCUT2D eigenvalue weighted by atomic mass is 9.55. The van der Waals surface area contributed by atoms with Crippen molar-refractivity contribution < 1.29 is 15.0 Å². The molecule has 112 valence electrons. The summed E-state index contributed by atoms with van der Waals surface area (Å²) >= 11 is 0. The van der Waals surface area contributed by atoms with Gasteiger partial charge in [-0.1, -0.05) is 13.0 Å². The van der Waals surface area contributed by atoms with Gasteiger partial charge in [-0.15, -0.1) is 0 Å². The van der Waals surface area contributed by atoms with Gasteiger partial charge in [0.2, 0.25) is 0 Å². The molecule has 0 unspecified atom stereocenters. The molecule has 1 aromatic carbocycles. The number of Topliss-reactive ketones (excluding diaryl/α,β-unsaturated/α-hetero) is 1. The lowest BCUT2D eigenvalue weighted by molar-refractivity contribution is -0.128. The van der Waals surface area contributed by atoms with Crippen LogP contribution in [0.15, 0.2) is 18.2 Å². The summed E-state index contributed by atoms with van der Waals surface area (Å²) in [6, 6.07) is 5.75. The van der Waals surface area contributed by atoms with Gasteiger partial charge >= 0.3 is 0 Å². The van der Waals surface area contributed by atoms with Crippen LogP contribution in [0.2, 0.25) is 0 Å². The van der Waals surface area contributed by atoms with Gasteiger partial charge in [0, 0.05) is 11.8 Å². The van der Waals surface area contributed by atoms with Gasteiger partial charge in [-0.05, 0) is 66.7 Å². The highest BCUT2D eigenvalue weighted by Crippen LogP contribution is 2.60. The molecule has 2 N–H and O–H groups in total. The summed E-state index contributed by atoms with van der Waals surface area (Å²) in [5, 5.41) is 20.0. The Hall–Kier alpha value is -1.35. The van der Waals surface area contributed by atoms with E-state index in [1.165, 1.54) is 11.1 Å². The highest BCUT2D eigenvalue weighted by molar-refractivity contribution is 5.86. The number of aliphatic hydroxyl groups is 1. The lowest BCUT2D eigenvalue weighted by Gasteiger charge is -2.49. The molecule has 0 radical (unpaired) electrons. The number of aliphatic hydroxyl groups excluding tert-OH is 1. The maximum absolute atomic E-state index is 12.0. The third-order valence-electron chi connectivity index (χ3n) is 6.50. The van der Waals surface area contributed by atoms with E-state index in [9.17, 15) is 15.0 Å². The molecule has 0 saturated heterocycles. The first kappa shape index (κ1) is 13.3. The van der Waals surface area contributed by atoms with E-state index in [-0.39, 0.29) is 11.2 Å². The Balaban J connectivity index is 1.73. The van der Waals surface area contributed by atoms with Crippen molar-refractivity contribution in [2.45, 2.75) is 51.0 Å². The molecular formula is C18H22O3. The number of benzene rings is 1. The number of carbonyl (C=O) groups excluding carboxylic acids is 1. The first-order chi connectivity index (χ1) is 10.0. The molecule has 0 heterocycles. The molecule has 2 fully saturated rings. The van der Waals surface area contributed by atoms with Gasteiger partial charge in [0.25, 0.3) is 0 Å². The molecule has 21 heavy (non-hydrogen) atoms. The topological polar surface area (TPSA) is 57.5 Å². The number of phenols is 1. The van der Waals surface area contributed by atoms with Gasteiger partial charge in [-0.25, -0.2) is 0 Å². The third-order valence-corrected chi connectivity index (χ3v) is 6.50. The average molecular weight is 286 g/mol. The molecule has 0 bridgehead atoms. The number of aryl methyl sites for hydroxylation is 1. The van der Waals surface area contributed by atoms with Gasteiger partial charge in [0.15, 0.2) is 5.78 Å². The number of hydrogen-bond acceptors (Lipinski definition) is 3. The highest BCUT2D eigenvalue weighted by atomic mass is 16.3. The van der Waals surface area contributed by atoms with Crippen molar-refractivity contribution in [1.82, 2.24) is 0 Å². The quantitative estimate of drug-likeness (QED) is 0.771. The van der Waals surface area contributed by atoms with Gasteiger partial charge in [0.1, 0.15) is 11.9 Å². The SMILES string of the molecule is C[C@@]12CC[C@H]3c4ccc(O)cc4CC[C@@H]3[C@@H]1CC(=O)[C@@H]2O. The Labute approximate surface area is 125 Å². The minimum absolute atomic E-state index is 0.0413. The second kappa shape index (κ2) is 4.33. The van der Waals surface area contributed by atoms with Gasteiger partial charge in [-0.2, -0.15) is 0 Å². The van der Waals surface area contributed by atoms with Crippen molar-refractivity contribution in [2.24, 2.45) is 17.3 Å². The van der Waals surface area contributed by atoms with E-state index in [0.29, 0.717) is 29.9 Å². The lowest BCUT2D eigenvalue weighted by Crippen LogP contribution is -2.44. The zero-order valence-corrected chi connectivity index (χ0v) is 12.4. The molecule has 2 saturated carbocycles. The minimum Gasteiger partial charge on any atom is -0.508 e. The van der Waals surface area contributed by atoms with Crippen LogP contribution in [0, 0.1) is 17.3 Å². The Morgan fingerprint density at radius 3 is 2.90 bits per heavy atom. The van der Waals surface area contributed by atoms with Crippen LogP contribution in [0.5, 0.6) is 5.75 Å². The molecule has 3 aliphatic carbocycles. The first-order valence-electron chi connectivity index (χ1n) is 8.03. The second-order valence-electron chi connectivity index (χ2n) is 7.42. The third kappa shape index (κ3) is 1.73. The number of hydrogen-bond donors (Lipinski definition) is 2. The van der Waals surface area contributed by atoms with Gasteiger partial charge < -0.3 is 10.2 Å². The Kier molecular flexibility index (Phi) is 2.74. The molecule has 0 aliphatic heterocycles. The number of phenolic OH excluding ortho intramolecular Hbond substituents is 1. The minimum atomic E-state index is -0.760. The van der Waals surface area contributed by atoms with Crippen molar-refractivity contribution in [3.63, 3.8) is 0 Å². The molecule has 0 spiro atoms. The second-order valence-corrected chi connectivity index (χ2v) is 7.42. The molecule has 4 rings (SSSR count). The molecule has 3 nitrogen and oxygen atoms in total. The monoisotopic (exact) mass is 286 g/mol. The number of rotatable bonds is 0. The van der Waals surface area contributed by atoms with E-state index in [2.05, 4.69) is 13.0 Å². The smallest absolute Gasteiger partial charge is 0.162 e. The van der Waals surface area contributed by atoms with Crippen LogP contribution in [0.4, 0.5) is 0 Å². The fourth-order valence-electron chi connectivity index (χ4n) is 5.34. The fourth-order valence-corrected chi connectivity index (χ4v) is 5.34. The predicted octanol–water partition coefficient (Wildman–Crippen LogP) is 2.79. The fraction of sp³-hybridized carbons (Fsp3) is 0.611. The van der Waals surface area contributed by atoms with E-state index in [1.54, 1.807) is 6.07 Å². The van der Waals surface area contributed by atoms with Crippen molar-refractivity contribution >= 4 is 5.78 Å². The normalized spacial score (nSPS) is 41.3. The summed E-state index contributed by atoms with van der Waals surface area (Å²) < 4.78 is 0. The number of carbonyl (C=O) groups is 1. The van der Waals surface area contributed by atoms with Crippen LogP contribution in [-0.2, 0) is 11.2 Å². The van der Waals surface area contributed by atoms with Crippen LogP contribution in [0.25, 0.3) is 0 Å². The maximum atomic E-state index is 12.0. The molecule has 3 heteroatoms. The molecule has 3 aliphatic rings. The number of ketones is 1. The van der Waals surface area contributed by atoms with E-state index >= 15 is 0 Å². The van der Waals surface area contributed by atoms with E-state index in [0.717, 1.165) is 25.7 Å². The van der Waals surface area contributed by atoms with E-state index in [1.807, 2.05) is 6.07 Å². The molecule has 0 amide bonds. The highest BCUT2D eigenvalue weighted by Gasteiger charge is 2.57. The Bertz CT molecular complexity index is 608. The number of fused-ring (bicyclic) bond motifs is 5. The van der Waals surface area contributed by atoms with Crippen LogP contribution in [0.3, 0.4) is 0 Å². The molecule has 0 aromatic heterocycles. The first-order valence-corrected chi connectivity index (χ1v) is 8.03. The largest absolute Gasteiger partial charge is 0.508 e. The molecule has 5 atom stereocenters. The molecule has 1 aromatic rings. The van der Waals surface area contributed by atoms with Crippen LogP contribution >= 0.6 is 0 Å². The van der Waals surface area contributed by atoms with Crippen molar-refractivity contribution in [3.05, 3.63) is 29.3 Å². The zero-order chi connectivity index (χ0) is 14.8. The maximum Gasteiger partial charge on any atom is 0.162 e. The van der Waals surface area contributed by atoms with E-state index in [4.69, 9.17) is 0 Å². The summed E-state index contributed by atoms with van der Waals surface area (Å²) in [6.07, 6.45) is 3.80. The summed E-state index contributed by atoms with van der Waals surface area (Å²) in [7, 11) is 0. The standard InChI is InChI=1S/C18H22O3/c1-18-7-6-13-12-5-3-11(19)8-10(12)2-4-14(13)15(18)9-16(20)17(18)21/h3,5,8,13-15,17,19,21H,2,4,6-7,9H2,1H3/t13-,14-,15-,17-,18+/m0/s1. The Morgan fingerprint density at radius 1 is 1.29 bits per heavy atom. The van der Waals surface area contributed by atoms with Crippen LogP contribution in [0.1, 0.15) is 49.7 Å². The van der Waals surface area contributed by atoms with Crippen LogP contribution < -0.4 is 0 Å². The van der Waals surface area contributed by atoms with Gasteiger partial charge in [0.05, 0.1) is 0 Å². The average Bonchev–Trinajstić information content (AvgIpc) is 2.70. The summed E-state index contributed by atoms with van der Waals surface area (Å²) in [4.78, 5) is 12.0. The van der Waals surface area contributed by atoms with Crippen molar-refractivity contribution in [3.8, 4) is 5.75 Å². The zero-order valence-electron chi connectivity index (χ0n) is 12.4. The summed E-state index contributed by atoms with van der Waals surface area (Å²) in [6.45, 7) is 2.11. The van der Waals surface area contributed by atoms with E-state index < -0.39 is 6.10 Å². The van der Waals surface area contributed by atoms with Gasteiger partial charge in [-0.3, -0.25) is 4.79 Å². The number of aromatic hydroxyl groups is 1. The summed E-state index contributed by atoms with van der Waals surface area (Å²) in [5.74, 6) is 1.70. The van der Waals surface area contributed by atoms with Crippen LogP contribution in [-0.4, -0.2) is 22.1 Å². The summed E-state index contributed by atoms with van der Waals surface area (Å²) in [5.41, 5.74) is 2.41.